The van der Waals surface area contributed by atoms with Gasteiger partial charge in [0.05, 0.1) is 0 Å². The molecule has 1 atom stereocenters. The van der Waals surface area contributed by atoms with E-state index in [1.165, 1.54) is 16.7 Å². The number of hydrogen-bond donors (Lipinski definition) is 0. The zero-order valence-electron chi connectivity index (χ0n) is 6.96. The predicted octanol–water partition coefficient (Wildman–Crippen LogP) is 2.56. The van der Waals surface area contributed by atoms with Gasteiger partial charge in [-0.05, 0) is 23.6 Å². The van der Waals surface area contributed by atoms with Crippen molar-refractivity contribution in [3.63, 3.8) is 0 Å². The quantitative estimate of drug-likeness (QED) is 0.501. The summed E-state index contributed by atoms with van der Waals surface area (Å²) in [6.45, 7) is 4.43. The number of benzene rings is 1. The van der Waals surface area contributed by atoms with Gasteiger partial charge in [-0.2, -0.15) is 0 Å². The molecular weight excluding hydrogens is 139 g/mol. The van der Waals surface area contributed by atoms with Gasteiger partial charge in [-0.25, -0.2) is 0 Å². The molecular formula is C11H13Li. The van der Waals surface area contributed by atoms with Crippen LogP contribution in [0.1, 0.15) is 30.9 Å². The number of fused-ring (bicyclic) bond motifs is 1. The summed E-state index contributed by atoms with van der Waals surface area (Å²) >= 11 is 0. The number of allylic oxidation sites excluding steroid dienone is 2. The first-order valence-corrected chi connectivity index (χ1v) is 4.07. The SMILES string of the molecule is CC1=CC(C)c2ccccc21.[LiH]. The van der Waals surface area contributed by atoms with E-state index in [2.05, 4.69) is 44.2 Å². The van der Waals surface area contributed by atoms with E-state index >= 15 is 0 Å². The number of rotatable bonds is 0. The number of hydrogen-bond acceptors (Lipinski definition) is 0. The summed E-state index contributed by atoms with van der Waals surface area (Å²) < 4.78 is 0. The third-order valence-electron chi connectivity index (χ3n) is 2.38. The fourth-order valence-corrected chi connectivity index (χ4v) is 1.81. The molecule has 12 heavy (non-hydrogen) atoms. The molecule has 1 unspecified atom stereocenters. The van der Waals surface area contributed by atoms with Gasteiger partial charge in [0, 0.05) is 5.92 Å². The van der Waals surface area contributed by atoms with Crippen LogP contribution in [0.15, 0.2) is 30.3 Å². The fourth-order valence-electron chi connectivity index (χ4n) is 1.81. The van der Waals surface area contributed by atoms with Crippen molar-refractivity contribution in [3.8, 4) is 0 Å². The van der Waals surface area contributed by atoms with Crippen LogP contribution < -0.4 is 0 Å². The van der Waals surface area contributed by atoms with Gasteiger partial charge in [0.2, 0.25) is 0 Å². The van der Waals surface area contributed by atoms with Crippen molar-refractivity contribution in [2.75, 3.05) is 0 Å². The van der Waals surface area contributed by atoms with Crippen LogP contribution in [0, 0.1) is 0 Å². The van der Waals surface area contributed by atoms with Crippen molar-refractivity contribution in [2.45, 2.75) is 19.8 Å². The van der Waals surface area contributed by atoms with Crippen molar-refractivity contribution >= 4 is 24.4 Å². The van der Waals surface area contributed by atoms with Crippen molar-refractivity contribution < 1.29 is 0 Å². The summed E-state index contributed by atoms with van der Waals surface area (Å²) in [6, 6.07) is 8.63. The first-order valence-electron chi connectivity index (χ1n) is 4.07. The van der Waals surface area contributed by atoms with Crippen LogP contribution in [0.3, 0.4) is 0 Å². The Hall–Kier alpha value is -0.443. The topological polar surface area (TPSA) is 0 Å². The van der Waals surface area contributed by atoms with Crippen molar-refractivity contribution in [2.24, 2.45) is 0 Å². The molecule has 0 heterocycles. The molecule has 0 aliphatic heterocycles. The molecule has 0 saturated heterocycles. The predicted molar refractivity (Wildman–Crippen MR) is 55.7 cm³/mol. The second-order valence-electron chi connectivity index (χ2n) is 3.23. The second kappa shape index (κ2) is 3.52. The van der Waals surface area contributed by atoms with E-state index in [0.29, 0.717) is 5.92 Å². The Morgan fingerprint density at radius 3 is 2.50 bits per heavy atom. The fraction of sp³-hybridized carbons (Fsp3) is 0.273. The van der Waals surface area contributed by atoms with E-state index in [1.54, 1.807) is 0 Å². The molecule has 0 radical (unpaired) electrons. The monoisotopic (exact) mass is 152 g/mol. The van der Waals surface area contributed by atoms with Crippen LogP contribution in [0.4, 0.5) is 0 Å². The minimum absolute atomic E-state index is 0. The van der Waals surface area contributed by atoms with Gasteiger partial charge in [0.25, 0.3) is 0 Å². The third-order valence-corrected chi connectivity index (χ3v) is 2.38. The molecule has 0 nitrogen and oxygen atoms in total. The van der Waals surface area contributed by atoms with Gasteiger partial charge in [-0.3, -0.25) is 0 Å². The molecule has 1 aromatic rings. The van der Waals surface area contributed by atoms with Gasteiger partial charge in [0.1, 0.15) is 0 Å². The van der Waals surface area contributed by atoms with Crippen LogP contribution in [0.2, 0.25) is 0 Å². The molecule has 1 aliphatic rings. The molecule has 0 bridgehead atoms. The molecule has 58 valence electrons. The van der Waals surface area contributed by atoms with E-state index in [-0.39, 0.29) is 18.9 Å². The maximum atomic E-state index is 2.32. The molecule has 2 rings (SSSR count). The summed E-state index contributed by atoms with van der Waals surface area (Å²) in [5.74, 6) is 0.617. The first-order chi connectivity index (χ1) is 5.29. The molecule has 0 fully saturated rings. The minimum atomic E-state index is 0. The summed E-state index contributed by atoms with van der Waals surface area (Å²) in [6.07, 6.45) is 2.32. The van der Waals surface area contributed by atoms with Crippen LogP contribution in [0.5, 0.6) is 0 Å². The maximum absolute atomic E-state index is 2.32. The molecule has 1 aromatic carbocycles. The standard InChI is InChI=1S/C11H12.Li.H/c1-8-7-9(2)11-6-4-3-5-10(8)11;;/h3-8H,1-2H3;;. The van der Waals surface area contributed by atoms with Crippen molar-refractivity contribution in [1.82, 2.24) is 0 Å². The normalized spacial score (nSPS) is 19.5. The second-order valence-corrected chi connectivity index (χ2v) is 3.23. The zero-order valence-corrected chi connectivity index (χ0v) is 6.96. The Balaban J connectivity index is 0.000000720. The van der Waals surface area contributed by atoms with Gasteiger partial charge in [-0.15, -0.1) is 0 Å². The van der Waals surface area contributed by atoms with E-state index < -0.39 is 0 Å². The van der Waals surface area contributed by atoms with E-state index in [9.17, 15) is 0 Å². The first kappa shape index (κ1) is 9.64. The molecule has 1 heteroatoms. The molecule has 0 N–H and O–H groups in total. The van der Waals surface area contributed by atoms with E-state index in [1.807, 2.05) is 0 Å². The molecule has 1 aliphatic carbocycles. The Morgan fingerprint density at radius 1 is 1.17 bits per heavy atom. The van der Waals surface area contributed by atoms with Crippen LogP contribution in [-0.2, 0) is 0 Å². The van der Waals surface area contributed by atoms with Gasteiger partial charge >= 0.3 is 18.9 Å². The van der Waals surface area contributed by atoms with E-state index in [0.717, 1.165) is 0 Å². The average Bonchev–Trinajstić information content (AvgIpc) is 2.30. The van der Waals surface area contributed by atoms with Crippen LogP contribution in [0.25, 0.3) is 5.57 Å². The van der Waals surface area contributed by atoms with Crippen molar-refractivity contribution in [1.29, 1.82) is 0 Å². The van der Waals surface area contributed by atoms with Crippen molar-refractivity contribution in [3.05, 3.63) is 41.5 Å². The zero-order chi connectivity index (χ0) is 7.84. The van der Waals surface area contributed by atoms with Crippen LogP contribution >= 0.6 is 0 Å². The van der Waals surface area contributed by atoms with Crippen LogP contribution in [-0.4, -0.2) is 18.9 Å². The summed E-state index contributed by atoms with van der Waals surface area (Å²) in [5.41, 5.74) is 4.33. The summed E-state index contributed by atoms with van der Waals surface area (Å²) in [7, 11) is 0. The Morgan fingerprint density at radius 2 is 1.83 bits per heavy atom. The Bertz CT molecular complexity index is 313. The summed E-state index contributed by atoms with van der Waals surface area (Å²) in [4.78, 5) is 0. The van der Waals surface area contributed by atoms with Gasteiger partial charge < -0.3 is 0 Å². The Labute approximate surface area is 85.9 Å². The third kappa shape index (κ3) is 1.38. The molecule has 0 saturated carbocycles. The van der Waals surface area contributed by atoms with Gasteiger partial charge in [-0.1, -0.05) is 37.3 Å². The molecule has 0 amide bonds. The average molecular weight is 152 g/mol. The van der Waals surface area contributed by atoms with Gasteiger partial charge in [0.15, 0.2) is 0 Å². The summed E-state index contributed by atoms with van der Waals surface area (Å²) in [5, 5.41) is 0. The van der Waals surface area contributed by atoms with E-state index in [4.69, 9.17) is 0 Å². The Kier molecular flexibility index (Phi) is 2.83. The molecule has 0 spiro atoms. The molecule has 0 aromatic heterocycles.